The second-order valence-electron chi connectivity index (χ2n) is 4.19. The van der Waals surface area contributed by atoms with Crippen molar-refractivity contribution in [2.45, 2.75) is 26.8 Å². The molecule has 106 valence electrons. The third-order valence-electron chi connectivity index (χ3n) is 2.78. The molecule has 0 aromatic carbocycles. The van der Waals surface area contributed by atoms with Gasteiger partial charge in [0.15, 0.2) is 5.69 Å². The van der Waals surface area contributed by atoms with E-state index in [4.69, 9.17) is 0 Å². The van der Waals surface area contributed by atoms with Gasteiger partial charge in [-0.15, -0.1) is 0 Å². The molecule has 0 saturated heterocycles. The number of hydrogen-bond donors (Lipinski definition) is 1. The summed E-state index contributed by atoms with van der Waals surface area (Å²) in [6.45, 7) is 5.23. The number of hydrogen-bond acceptors (Lipinski definition) is 6. The maximum absolute atomic E-state index is 11.3. The van der Waals surface area contributed by atoms with E-state index >= 15 is 0 Å². The minimum atomic E-state index is -0.462. The molecule has 0 bridgehead atoms. The topological polar surface area (TPSA) is 98.8 Å². The van der Waals surface area contributed by atoms with E-state index < -0.39 is 4.92 Å². The summed E-state index contributed by atoms with van der Waals surface area (Å²) in [5.41, 5.74) is 0.778. The molecular weight excluding hydrogens is 260 g/mol. The minimum Gasteiger partial charge on any atom is -0.364 e. The molecule has 0 fully saturated rings. The zero-order chi connectivity index (χ0) is 14.5. The van der Waals surface area contributed by atoms with E-state index in [-0.39, 0.29) is 17.2 Å². The van der Waals surface area contributed by atoms with E-state index in [2.05, 4.69) is 20.4 Å². The Kier molecular flexibility index (Phi) is 4.24. The fourth-order valence-electron chi connectivity index (χ4n) is 1.79. The Balaban J connectivity index is 2.48. The molecule has 8 heteroatoms. The number of anilines is 1. The van der Waals surface area contributed by atoms with Crippen LogP contribution in [0.5, 0.6) is 0 Å². The number of aromatic nitrogens is 4. The monoisotopic (exact) mass is 276 g/mol. The Bertz CT molecular complexity index is 610. The summed E-state index contributed by atoms with van der Waals surface area (Å²) in [6, 6.07) is 0. The van der Waals surface area contributed by atoms with Crippen LogP contribution < -0.4 is 5.32 Å². The lowest BCUT2D eigenvalue weighted by Crippen LogP contribution is -2.07. The lowest BCUT2D eigenvalue weighted by Gasteiger charge is -2.06. The van der Waals surface area contributed by atoms with Gasteiger partial charge in [0, 0.05) is 24.8 Å². The molecule has 0 aliphatic rings. The van der Waals surface area contributed by atoms with Crippen molar-refractivity contribution >= 4 is 11.5 Å². The normalized spacial score (nSPS) is 10.5. The zero-order valence-electron chi connectivity index (χ0n) is 11.4. The van der Waals surface area contributed by atoms with Crippen LogP contribution in [0.25, 0.3) is 11.3 Å². The first kappa shape index (κ1) is 13.9. The van der Waals surface area contributed by atoms with Crippen molar-refractivity contribution in [1.29, 1.82) is 0 Å². The third-order valence-corrected chi connectivity index (χ3v) is 2.78. The summed E-state index contributed by atoms with van der Waals surface area (Å²) in [6.07, 6.45) is 5.48. The van der Waals surface area contributed by atoms with Crippen molar-refractivity contribution in [3.63, 3.8) is 0 Å². The van der Waals surface area contributed by atoms with Crippen LogP contribution in [0.3, 0.4) is 0 Å². The van der Waals surface area contributed by atoms with Gasteiger partial charge in [0.1, 0.15) is 6.33 Å². The van der Waals surface area contributed by atoms with E-state index in [1.807, 2.05) is 13.8 Å². The smallest absolute Gasteiger partial charge is 0.337 e. The van der Waals surface area contributed by atoms with Crippen LogP contribution in [0.1, 0.15) is 20.3 Å². The predicted octanol–water partition coefficient (Wildman–Crippen LogP) is 2.09. The first-order valence-electron chi connectivity index (χ1n) is 6.43. The third kappa shape index (κ3) is 2.73. The fourth-order valence-corrected chi connectivity index (χ4v) is 1.79. The molecule has 0 spiro atoms. The van der Waals surface area contributed by atoms with Crippen LogP contribution in [0.15, 0.2) is 18.7 Å². The van der Waals surface area contributed by atoms with E-state index in [0.717, 1.165) is 6.42 Å². The summed E-state index contributed by atoms with van der Waals surface area (Å²) >= 11 is 0. The molecule has 0 saturated carbocycles. The largest absolute Gasteiger partial charge is 0.364 e. The molecule has 8 nitrogen and oxygen atoms in total. The SMILES string of the molecule is CCCNc1ncnc(-c2cnn(CC)c2)c1[N+](=O)[O-]. The summed E-state index contributed by atoms with van der Waals surface area (Å²) in [5, 5.41) is 18.4. The maximum Gasteiger partial charge on any atom is 0.337 e. The number of nitro groups is 1. The summed E-state index contributed by atoms with van der Waals surface area (Å²) < 4.78 is 1.69. The molecule has 0 atom stereocenters. The highest BCUT2D eigenvalue weighted by Crippen LogP contribution is 2.32. The van der Waals surface area contributed by atoms with E-state index in [1.54, 1.807) is 17.1 Å². The number of nitrogens with zero attached hydrogens (tertiary/aromatic N) is 5. The van der Waals surface area contributed by atoms with Gasteiger partial charge < -0.3 is 5.32 Å². The molecule has 2 aromatic heterocycles. The molecule has 2 rings (SSSR count). The van der Waals surface area contributed by atoms with Crippen molar-refractivity contribution in [2.24, 2.45) is 0 Å². The Hall–Kier alpha value is -2.51. The molecule has 0 radical (unpaired) electrons. The first-order valence-corrected chi connectivity index (χ1v) is 6.43. The molecular formula is C12H16N6O2. The quantitative estimate of drug-likeness (QED) is 0.640. The first-order chi connectivity index (χ1) is 9.67. The number of nitrogens with one attached hydrogen (secondary N) is 1. The Labute approximate surface area is 116 Å². The molecule has 1 N–H and O–H groups in total. The van der Waals surface area contributed by atoms with Crippen molar-refractivity contribution in [3.05, 3.63) is 28.8 Å². The van der Waals surface area contributed by atoms with Gasteiger partial charge in [-0.25, -0.2) is 9.97 Å². The van der Waals surface area contributed by atoms with Gasteiger partial charge in [-0.3, -0.25) is 14.8 Å². The van der Waals surface area contributed by atoms with Gasteiger partial charge in [0.25, 0.3) is 0 Å². The summed E-state index contributed by atoms with van der Waals surface area (Å²) in [4.78, 5) is 18.9. The Morgan fingerprint density at radius 1 is 1.40 bits per heavy atom. The van der Waals surface area contributed by atoms with Gasteiger partial charge in [-0.1, -0.05) is 6.92 Å². The number of rotatable bonds is 6. The fraction of sp³-hybridized carbons (Fsp3) is 0.417. The maximum atomic E-state index is 11.3. The zero-order valence-corrected chi connectivity index (χ0v) is 11.4. The van der Waals surface area contributed by atoms with Crippen LogP contribution in [-0.4, -0.2) is 31.2 Å². The van der Waals surface area contributed by atoms with Gasteiger partial charge >= 0.3 is 5.69 Å². The van der Waals surface area contributed by atoms with Crippen molar-refractivity contribution < 1.29 is 4.92 Å². The Morgan fingerprint density at radius 3 is 2.80 bits per heavy atom. The highest BCUT2D eigenvalue weighted by atomic mass is 16.6. The average Bonchev–Trinajstić information content (AvgIpc) is 2.93. The molecule has 0 amide bonds. The van der Waals surface area contributed by atoms with Crippen LogP contribution in [0.4, 0.5) is 11.5 Å². The van der Waals surface area contributed by atoms with Crippen molar-refractivity contribution in [3.8, 4) is 11.3 Å². The van der Waals surface area contributed by atoms with Crippen LogP contribution in [0.2, 0.25) is 0 Å². The molecule has 20 heavy (non-hydrogen) atoms. The molecule has 0 aliphatic heterocycles. The Morgan fingerprint density at radius 2 is 2.20 bits per heavy atom. The van der Waals surface area contributed by atoms with Crippen LogP contribution >= 0.6 is 0 Å². The summed E-state index contributed by atoms with van der Waals surface area (Å²) in [5.74, 6) is 0.242. The highest BCUT2D eigenvalue weighted by molar-refractivity contribution is 5.75. The molecule has 0 unspecified atom stereocenters. The average molecular weight is 276 g/mol. The standard InChI is InChI=1S/C12H16N6O2/c1-3-5-13-12-11(18(19)20)10(14-8-15-12)9-6-16-17(4-2)7-9/h6-8H,3-5H2,1-2H3,(H,13,14,15). The van der Waals surface area contributed by atoms with Gasteiger partial charge in [-0.05, 0) is 13.3 Å². The second kappa shape index (κ2) is 6.09. The van der Waals surface area contributed by atoms with Crippen molar-refractivity contribution in [1.82, 2.24) is 19.7 Å². The lowest BCUT2D eigenvalue weighted by molar-refractivity contribution is -0.383. The molecule has 2 aromatic rings. The van der Waals surface area contributed by atoms with E-state index in [1.165, 1.54) is 6.33 Å². The predicted molar refractivity (Wildman–Crippen MR) is 74.4 cm³/mol. The molecule has 0 aliphatic carbocycles. The number of aryl methyl sites for hydroxylation is 1. The van der Waals surface area contributed by atoms with Gasteiger partial charge in [0.2, 0.25) is 5.82 Å². The minimum absolute atomic E-state index is 0.114. The summed E-state index contributed by atoms with van der Waals surface area (Å²) in [7, 11) is 0. The lowest BCUT2D eigenvalue weighted by atomic mass is 10.2. The van der Waals surface area contributed by atoms with Gasteiger partial charge in [0.05, 0.1) is 11.1 Å². The van der Waals surface area contributed by atoms with Crippen LogP contribution in [0, 0.1) is 10.1 Å². The van der Waals surface area contributed by atoms with Crippen molar-refractivity contribution in [2.75, 3.05) is 11.9 Å². The van der Waals surface area contributed by atoms with E-state index in [0.29, 0.717) is 18.7 Å². The highest BCUT2D eigenvalue weighted by Gasteiger charge is 2.24. The molecule has 2 heterocycles. The van der Waals surface area contributed by atoms with Gasteiger partial charge in [-0.2, -0.15) is 5.10 Å². The van der Waals surface area contributed by atoms with Crippen LogP contribution in [-0.2, 0) is 6.54 Å². The second-order valence-corrected chi connectivity index (χ2v) is 4.19. The van der Waals surface area contributed by atoms with E-state index in [9.17, 15) is 10.1 Å².